The van der Waals surface area contributed by atoms with Gasteiger partial charge in [-0.25, -0.2) is 0 Å². The Morgan fingerprint density at radius 2 is 1.95 bits per heavy atom. The van der Waals surface area contributed by atoms with Crippen LogP contribution >= 0.6 is 0 Å². The van der Waals surface area contributed by atoms with Crippen molar-refractivity contribution in [1.82, 2.24) is 10.2 Å². The molecule has 2 rings (SSSR count). The van der Waals surface area contributed by atoms with Crippen LogP contribution < -0.4 is 5.32 Å². The van der Waals surface area contributed by atoms with E-state index in [9.17, 15) is 9.59 Å². The maximum absolute atomic E-state index is 12.6. The third kappa shape index (κ3) is 3.53. The zero-order valence-electron chi connectivity index (χ0n) is 13.0. The van der Waals surface area contributed by atoms with Gasteiger partial charge < -0.3 is 10.2 Å². The zero-order valence-corrected chi connectivity index (χ0v) is 13.0. The van der Waals surface area contributed by atoms with Gasteiger partial charge in [0.15, 0.2) is 0 Å². The van der Waals surface area contributed by atoms with Crippen LogP contribution in [0, 0.1) is 11.8 Å². The minimum Gasteiger partial charge on any atom is -0.342 e. The number of nitrogens with zero attached hydrogens (tertiary/aromatic N) is 1. The van der Waals surface area contributed by atoms with Crippen LogP contribution in [-0.2, 0) is 9.59 Å². The largest absolute Gasteiger partial charge is 0.342 e. The molecule has 1 aliphatic carbocycles. The van der Waals surface area contributed by atoms with Gasteiger partial charge in [0.2, 0.25) is 11.8 Å². The smallest absolute Gasteiger partial charge is 0.245 e. The number of hydrogen-bond donors (Lipinski definition) is 1. The lowest BCUT2D eigenvalue weighted by Gasteiger charge is -2.41. The standard InChI is InChI=1S/C16H28N2O2/c1-4-6-13-16(20)18(10-5-7-12-8-9-12)14(11(2)3)15(19)17-13/h11-14H,4-10H2,1-3H3,(H,17,19). The van der Waals surface area contributed by atoms with Gasteiger partial charge in [0.1, 0.15) is 12.1 Å². The van der Waals surface area contributed by atoms with Gasteiger partial charge in [-0.2, -0.15) is 0 Å². The van der Waals surface area contributed by atoms with Gasteiger partial charge in [-0.05, 0) is 31.1 Å². The first-order valence-corrected chi connectivity index (χ1v) is 8.15. The van der Waals surface area contributed by atoms with Crippen molar-refractivity contribution in [3.8, 4) is 0 Å². The number of hydrogen-bond acceptors (Lipinski definition) is 2. The first-order valence-electron chi connectivity index (χ1n) is 8.15. The molecule has 20 heavy (non-hydrogen) atoms. The van der Waals surface area contributed by atoms with Gasteiger partial charge in [-0.3, -0.25) is 9.59 Å². The molecule has 4 nitrogen and oxygen atoms in total. The van der Waals surface area contributed by atoms with Crippen LogP contribution in [-0.4, -0.2) is 35.3 Å². The molecule has 2 unspecified atom stereocenters. The Labute approximate surface area is 122 Å². The summed E-state index contributed by atoms with van der Waals surface area (Å²) in [5, 5.41) is 2.91. The zero-order chi connectivity index (χ0) is 14.7. The Kier molecular flexibility index (Phi) is 5.06. The molecule has 1 saturated heterocycles. The van der Waals surface area contributed by atoms with E-state index >= 15 is 0 Å². The SMILES string of the molecule is CCCC1NC(=O)C(C(C)C)N(CCCC2CC2)C1=O. The van der Waals surface area contributed by atoms with Crippen LogP contribution in [0.4, 0.5) is 0 Å². The van der Waals surface area contributed by atoms with Crippen LogP contribution in [0.2, 0.25) is 0 Å². The summed E-state index contributed by atoms with van der Waals surface area (Å²) in [7, 11) is 0. The van der Waals surface area contributed by atoms with Crippen molar-refractivity contribution in [2.45, 2.75) is 71.4 Å². The number of nitrogens with one attached hydrogen (secondary N) is 1. The Balaban J connectivity index is 2.01. The number of rotatable bonds is 7. The summed E-state index contributed by atoms with van der Waals surface area (Å²) in [6, 6.07) is -0.585. The lowest BCUT2D eigenvalue weighted by molar-refractivity contribution is -0.151. The highest BCUT2D eigenvalue weighted by Crippen LogP contribution is 2.33. The molecule has 2 amide bonds. The highest BCUT2D eigenvalue weighted by atomic mass is 16.2. The quantitative estimate of drug-likeness (QED) is 0.778. The van der Waals surface area contributed by atoms with Gasteiger partial charge in [0, 0.05) is 6.54 Å². The second kappa shape index (κ2) is 6.59. The molecule has 1 saturated carbocycles. The molecule has 1 aliphatic heterocycles. The molecular weight excluding hydrogens is 252 g/mol. The summed E-state index contributed by atoms with van der Waals surface area (Å²) in [6.45, 7) is 6.83. The lowest BCUT2D eigenvalue weighted by atomic mass is 9.95. The van der Waals surface area contributed by atoms with Crippen LogP contribution in [0.3, 0.4) is 0 Å². The monoisotopic (exact) mass is 280 g/mol. The maximum Gasteiger partial charge on any atom is 0.245 e. The first-order chi connectivity index (χ1) is 9.54. The average Bonchev–Trinajstić information content (AvgIpc) is 3.18. The molecular formula is C16H28N2O2. The van der Waals surface area contributed by atoms with Crippen LogP contribution in [0.25, 0.3) is 0 Å². The minimum atomic E-state index is -0.302. The van der Waals surface area contributed by atoms with Crippen molar-refractivity contribution in [2.75, 3.05) is 6.54 Å². The predicted molar refractivity (Wildman–Crippen MR) is 79.1 cm³/mol. The van der Waals surface area contributed by atoms with Crippen molar-refractivity contribution in [3.05, 3.63) is 0 Å². The van der Waals surface area contributed by atoms with Crippen LogP contribution in [0.1, 0.15) is 59.3 Å². The molecule has 0 radical (unpaired) electrons. The molecule has 114 valence electrons. The molecule has 1 heterocycles. The Bertz CT molecular complexity index is 363. The van der Waals surface area contributed by atoms with E-state index in [0.717, 1.165) is 31.7 Å². The molecule has 2 atom stereocenters. The molecule has 2 aliphatic rings. The average molecular weight is 280 g/mol. The second-order valence-electron chi connectivity index (χ2n) is 6.66. The van der Waals surface area contributed by atoms with Gasteiger partial charge in [-0.1, -0.05) is 40.0 Å². The lowest BCUT2D eigenvalue weighted by Crippen LogP contribution is -2.64. The number of carbonyl (C=O) groups excluding carboxylic acids is 2. The molecule has 2 fully saturated rings. The normalized spacial score (nSPS) is 27.1. The highest BCUT2D eigenvalue weighted by Gasteiger charge is 2.41. The number of piperazine rings is 1. The van der Waals surface area contributed by atoms with Crippen molar-refractivity contribution < 1.29 is 9.59 Å². The summed E-state index contributed by atoms with van der Waals surface area (Å²) in [5.41, 5.74) is 0. The first kappa shape index (κ1) is 15.3. The number of carbonyl (C=O) groups is 2. The van der Waals surface area contributed by atoms with Crippen LogP contribution in [0.5, 0.6) is 0 Å². The van der Waals surface area contributed by atoms with Crippen molar-refractivity contribution in [3.63, 3.8) is 0 Å². The highest BCUT2D eigenvalue weighted by molar-refractivity contribution is 5.97. The molecule has 0 aromatic rings. The van der Waals surface area contributed by atoms with E-state index in [1.807, 2.05) is 25.7 Å². The summed E-state index contributed by atoms with van der Waals surface area (Å²) in [5.74, 6) is 1.21. The van der Waals surface area contributed by atoms with E-state index < -0.39 is 0 Å². The predicted octanol–water partition coefficient (Wildman–Crippen LogP) is 2.33. The summed E-state index contributed by atoms with van der Waals surface area (Å²) in [6.07, 6.45) is 6.59. The van der Waals surface area contributed by atoms with Gasteiger partial charge in [0.05, 0.1) is 0 Å². The van der Waals surface area contributed by atoms with Gasteiger partial charge >= 0.3 is 0 Å². The molecule has 1 N–H and O–H groups in total. The molecule has 0 spiro atoms. The van der Waals surface area contributed by atoms with Crippen molar-refractivity contribution >= 4 is 11.8 Å². The third-order valence-electron chi connectivity index (χ3n) is 4.42. The molecule has 4 heteroatoms. The van der Waals surface area contributed by atoms with Crippen molar-refractivity contribution in [2.24, 2.45) is 11.8 Å². The molecule has 0 aromatic heterocycles. The van der Waals surface area contributed by atoms with E-state index in [1.165, 1.54) is 19.3 Å². The van der Waals surface area contributed by atoms with E-state index in [2.05, 4.69) is 5.32 Å². The summed E-state index contributed by atoms with van der Waals surface area (Å²) < 4.78 is 0. The fraction of sp³-hybridized carbons (Fsp3) is 0.875. The van der Waals surface area contributed by atoms with Gasteiger partial charge in [0.25, 0.3) is 0 Å². The summed E-state index contributed by atoms with van der Waals surface area (Å²) >= 11 is 0. The fourth-order valence-electron chi connectivity index (χ4n) is 3.15. The second-order valence-corrected chi connectivity index (χ2v) is 6.66. The third-order valence-corrected chi connectivity index (χ3v) is 4.42. The van der Waals surface area contributed by atoms with Gasteiger partial charge in [-0.15, -0.1) is 0 Å². The Morgan fingerprint density at radius 3 is 2.50 bits per heavy atom. The Hall–Kier alpha value is -1.06. The van der Waals surface area contributed by atoms with E-state index in [1.54, 1.807) is 0 Å². The Morgan fingerprint density at radius 1 is 1.25 bits per heavy atom. The topological polar surface area (TPSA) is 49.4 Å². The number of amides is 2. The summed E-state index contributed by atoms with van der Waals surface area (Å²) in [4.78, 5) is 26.7. The van der Waals surface area contributed by atoms with E-state index in [-0.39, 0.29) is 29.8 Å². The minimum absolute atomic E-state index is 0.0319. The van der Waals surface area contributed by atoms with E-state index in [0.29, 0.717) is 0 Å². The van der Waals surface area contributed by atoms with E-state index in [4.69, 9.17) is 0 Å². The molecule has 0 aromatic carbocycles. The fourth-order valence-corrected chi connectivity index (χ4v) is 3.15. The van der Waals surface area contributed by atoms with Crippen molar-refractivity contribution in [1.29, 1.82) is 0 Å². The van der Waals surface area contributed by atoms with Crippen LogP contribution in [0.15, 0.2) is 0 Å². The molecule has 0 bridgehead atoms. The maximum atomic E-state index is 12.6.